The molecule has 1 atom stereocenters. The summed E-state index contributed by atoms with van der Waals surface area (Å²) >= 11 is 5.82. The van der Waals surface area contributed by atoms with Gasteiger partial charge in [-0.2, -0.15) is 0 Å². The van der Waals surface area contributed by atoms with Crippen LogP contribution in [0.15, 0.2) is 29.3 Å². The van der Waals surface area contributed by atoms with Crippen molar-refractivity contribution in [1.29, 1.82) is 0 Å². The fraction of sp³-hybridized carbons (Fsp3) is 0.429. The fourth-order valence-electron chi connectivity index (χ4n) is 1.76. The van der Waals surface area contributed by atoms with Crippen LogP contribution < -0.4 is 0 Å². The Hall–Kier alpha value is -1.35. The van der Waals surface area contributed by atoms with Crippen molar-refractivity contribution in [2.45, 2.75) is 32.7 Å². The zero-order valence-corrected chi connectivity index (χ0v) is 11.5. The van der Waals surface area contributed by atoms with E-state index in [2.05, 4.69) is 4.99 Å². The van der Waals surface area contributed by atoms with Crippen LogP contribution in [0, 0.1) is 5.92 Å². The molecule has 2 rings (SSSR count). The number of carbonyl (C=O) groups is 1. The van der Waals surface area contributed by atoms with Gasteiger partial charge in [-0.1, -0.05) is 37.6 Å². The average molecular weight is 266 g/mol. The van der Waals surface area contributed by atoms with Crippen molar-refractivity contribution in [3.8, 4) is 0 Å². The molecular formula is C14H16ClNO2. The molecular weight excluding hydrogens is 250 g/mol. The van der Waals surface area contributed by atoms with E-state index in [0.29, 0.717) is 17.3 Å². The zero-order valence-electron chi connectivity index (χ0n) is 10.7. The van der Waals surface area contributed by atoms with E-state index in [1.807, 2.05) is 45.0 Å². The molecule has 0 amide bonds. The number of halogens is 1. The summed E-state index contributed by atoms with van der Waals surface area (Å²) in [6.07, 6.45) is 0.519. The van der Waals surface area contributed by atoms with Gasteiger partial charge in [0.15, 0.2) is 11.4 Å². The normalized spacial score (nSPS) is 23.2. The van der Waals surface area contributed by atoms with Crippen molar-refractivity contribution in [3.63, 3.8) is 0 Å². The van der Waals surface area contributed by atoms with Gasteiger partial charge in [0.2, 0.25) is 0 Å². The number of hydrogen-bond donors (Lipinski definition) is 0. The molecule has 96 valence electrons. The van der Waals surface area contributed by atoms with Gasteiger partial charge in [-0.05, 0) is 30.5 Å². The van der Waals surface area contributed by atoms with Crippen LogP contribution in [0.5, 0.6) is 0 Å². The minimum absolute atomic E-state index is 0.118. The predicted molar refractivity (Wildman–Crippen MR) is 71.9 cm³/mol. The Morgan fingerprint density at radius 3 is 2.44 bits per heavy atom. The second kappa shape index (κ2) is 4.73. The lowest BCUT2D eigenvalue weighted by Gasteiger charge is -2.19. The van der Waals surface area contributed by atoms with E-state index in [1.165, 1.54) is 0 Å². The molecule has 0 fully saturated rings. The highest BCUT2D eigenvalue weighted by Crippen LogP contribution is 2.29. The number of hydrogen-bond acceptors (Lipinski definition) is 3. The van der Waals surface area contributed by atoms with Crippen LogP contribution in [0.25, 0.3) is 0 Å². The van der Waals surface area contributed by atoms with Gasteiger partial charge < -0.3 is 4.74 Å². The van der Waals surface area contributed by atoms with E-state index >= 15 is 0 Å². The van der Waals surface area contributed by atoms with Crippen LogP contribution in [-0.2, 0) is 16.0 Å². The third-order valence-corrected chi connectivity index (χ3v) is 3.63. The lowest BCUT2D eigenvalue weighted by molar-refractivity contribution is -0.139. The average Bonchev–Trinajstić information content (AvgIpc) is 2.59. The molecule has 0 N–H and O–H groups in total. The van der Waals surface area contributed by atoms with Crippen molar-refractivity contribution >= 4 is 23.5 Å². The van der Waals surface area contributed by atoms with Crippen LogP contribution in [0.3, 0.4) is 0 Å². The highest BCUT2D eigenvalue weighted by Gasteiger charge is 2.43. The molecule has 0 bridgehead atoms. The second-order valence-electron chi connectivity index (χ2n) is 5.00. The van der Waals surface area contributed by atoms with Crippen LogP contribution in [0.4, 0.5) is 0 Å². The van der Waals surface area contributed by atoms with E-state index < -0.39 is 5.54 Å². The molecule has 3 nitrogen and oxygen atoms in total. The summed E-state index contributed by atoms with van der Waals surface area (Å²) < 4.78 is 5.25. The number of benzene rings is 1. The molecule has 1 aliphatic rings. The molecule has 0 saturated heterocycles. The summed E-state index contributed by atoms with van der Waals surface area (Å²) in [4.78, 5) is 16.3. The summed E-state index contributed by atoms with van der Waals surface area (Å²) in [7, 11) is 0. The first-order valence-electron chi connectivity index (χ1n) is 5.97. The Balaban J connectivity index is 2.17. The highest BCUT2D eigenvalue weighted by molar-refractivity contribution is 6.30. The number of carbonyl (C=O) groups excluding carboxylic acids is 1. The summed E-state index contributed by atoms with van der Waals surface area (Å²) in [5, 5.41) is 0.691. The van der Waals surface area contributed by atoms with Crippen LogP contribution in [0.1, 0.15) is 26.3 Å². The third kappa shape index (κ3) is 2.41. The first-order chi connectivity index (χ1) is 8.41. The quantitative estimate of drug-likeness (QED) is 0.787. The number of aliphatic imine (C=N–C) groups is 1. The van der Waals surface area contributed by atoms with Crippen molar-refractivity contribution in [3.05, 3.63) is 34.9 Å². The molecule has 0 spiro atoms. The molecule has 1 heterocycles. The van der Waals surface area contributed by atoms with E-state index in [0.717, 1.165) is 5.56 Å². The maximum absolute atomic E-state index is 11.8. The summed E-state index contributed by atoms with van der Waals surface area (Å²) in [5.41, 5.74) is 0.279. The molecule has 4 heteroatoms. The summed E-state index contributed by atoms with van der Waals surface area (Å²) in [5.74, 6) is 0.340. The predicted octanol–water partition coefficient (Wildman–Crippen LogP) is 3.25. The van der Waals surface area contributed by atoms with Gasteiger partial charge >= 0.3 is 5.97 Å². The SMILES string of the molecule is CC(C)C1(C)N=C(Cc2ccc(Cl)cc2)OC1=O. The van der Waals surface area contributed by atoms with Crippen LogP contribution in [0.2, 0.25) is 5.02 Å². The van der Waals surface area contributed by atoms with E-state index in [-0.39, 0.29) is 11.9 Å². The molecule has 1 aromatic carbocycles. The number of ether oxygens (including phenoxy) is 1. The molecule has 0 saturated carbocycles. The van der Waals surface area contributed by atoms with Crippen molar-refractivity contribution in [2.75, 3.05) is 0 Å². The highest BCUT2D eigenvalue weighted by atomic mass is 35.5. The monoisotopic (exact) mass is 265 g/mol. The van der Waals surface area contributed by atoms with Gasteiger partial charge in [0.25, 0.3) is 0 Å². The lowest BCUT2D eigenvalue weighted by Crippen LogP contribution is -2.35. The lowest BCUT2D eigenvalue weighted by atomic mass is 9.90. The first kappa shape index (κ1) is 13.1. The Morgan fingerprint density at radius 2 is 1.94 bits per heavy atom. The first-order valence-corrected chi connectivity index (χ1v) is 6.35. The Morgan fingerprint density at radius 1 is 1.33 bits per heavy atom. The molecule has 0 radical (unpaired) electrons. The molecule has 1 aromatic rings. The standard InChI is InChI=1S/C14H16ClNO2/c1-9(2)14(3)13(17)18-12(16-14)8-10-4-6-11(15)7-5-10/h4-7,9H,8H2,1-3H3. The zero-order chi connectivity index (χ0) is 13.3. The Kier molecular flexibility index (Phi) is 3.44. The topological polar surface area (TPSA) is 38.7 Å². The Labute approximate surface area is 112 Å². The maximum Gasteiger partial charge on any atom is 0.340 e. The minimum atomic E-state index is -0.748. The largest absolute Gasteiger partial charge is 0.410 e. The van der Waals surface area contributed by atoms with E-state index in [1.54, 1.807) is 0 Å². The molecule has 0 aromatic heterocycles. The Bertz CT molecular complexity index is 493. The van der Waals surface area contributed by atoms with Gasteiger partial charge in [0, 0.05) is 11.4 Å². The van der Waals surface area contributed by atoms with Crippen molar-refractivity contribution < 1.29 is 9.53 Å². The number of rotatable bonds is 3. The third-order valence-electron chi connectivity index (χ3n) is 3.37. The molecule has 1 aliphatic heterocycles. The number of esters is 1. The van der Waals surface area contributed by atoms with Gasteiger partial charge in [-0.25, -0.2) is 9.79 Å². The van der Waals surface area contributed by atoms with Gasteiger partial charge in [0.1, 0.15) is 0 Å². The minimum Gasteiger partial charge on any atom is -0.410 e. The summed E-state index contributed by atoms with van der Waals surface area (Å²) in [6.45, 7) is 5.75. The van der Waals surface area contributed by atoms with Crippen molar-refractivity contribution in [2.24, 2.45) is 10.9 Å². The van der Waals surface area contributed by atoms with Gasteiger partial charge in [0.05, 0.1) is 0 Å². The van der Waals surface area contributed by atoms with E-state index in [4.69, 9.17) is 16.3 Å². The maximum atomic E-state index is 11.8. The molecule has 0 aliphatic carbocycles. The van der Waals surface area contributed by atoms with Crippen LogP contribution >= 0.6 is 11.6 Å². The van der Waals surface area contributed by atoms with Crippen LogP contribution in [-0.4, -0.2) is 17.4 Å². The smallest absolute Gasteiger partial charge is 0.340 e. The van der Waals surface area contributed by atoms with Crippen molar-refractivity contribution in [1.82, 2.24) is 0 Å². The van der Waals surface area contributed by atoms with E-state index in [9.17, 15) is 4.79 Å². The molecule has 18 heavy (non-hydrogen) atoms. The number of nitrogens with zero attached hydrogens (tertiary/aromatic N) is 1. The number of cyclic esters (lactones) is 1. The fourth-order valence-corrected chi connectivity index (χ4v) is 1.88. The summed E-state index contributed by atoms with van der Waals surface area (Å²) in [6, 6.07) is 7.44. The van der Waals surface area contributed by atoms with Gasteiger partial charge in [-0.15, -0.1) is 0 Å². The van der Waals surface area contributed by atoms with Gasteiger partial charge in [-0.3, -0.25) is 0 Å². The molecule has 1 unspecified atom stereocenters. The second-order valence-corrected chi connectivity index (χ2v) is 5.44.